The molecule has 0 saturated heterocycles. The summed E-state index contributed by atoms with van der Waals surface area (Å²) in [7, 11) is -2.98. The number of nitrogens with one attached hydrogen (secondary N) is 2. The molecule has 0 spiro atoms. The smallest absolute Gasteiger partial charge is 0.240 e. The minimum Gasteiger partial charge on any atom is -0.382 e. The molecule has 0 radical (unpaired) electrons. The third-order valence-electron chi connectivity index (χ3n) is 9.96. The Kier molecular flexibility index (Phi) is 19.5. The van der Waals surface area contributed by atoms with Crippen LogP contribution in [-0.4, -0.2) is 57.8 Å². The van der Waals surface area contributed by atoms with Gasteiger partial charge in [0.25, 0.3) is 0 Å². The largest absolute Gasteiger partial charge is 0.382 e. The van der Waals surface area contributed by atoms with Crippen molar-refractivity contribution in [3.8, 4) is 0 Å². The molecule has 0 fully saturated rings. The zero-order valence-electron chi connectivity index (χ0n) is 35.8. The number of fused-ring (bicyclic) bond motifs is 6. The number of nitrogens with two attached hydrogens (primary N) is 2. The molecule has 15 heteroatoms. The monoisotopic (exact) mass is 858 g/mol. The van der Waals surface area contributed by atoms with Crippen LogP contribution in [0.15, 0.2) is 83.8 Å². The lowest BCUT2D eigenvalue weighted by atomic mass is 10.2. The van der Waals surface area contributed by atoms with Gasteiger partial charge in [0.15, 0.2) is 11.6 Å². The summed E-state index contributed by atoms with van der Waals surface area (Å²) < 4.78 is 44.5. The summed E-state index contributed by atoms with van der Waals surface area (Å²) in [5.41, 5.74) is 18.0. The number of rotatable bonds is 18. The third-order valence-corrected chi connectivity index (χ3v) is 11.7. The normalized spacial score (nSPS) is 11.2. The number of thiol groups is 1. The van der Waals surface area contributed by atoms with Crippen LogP contribution in [0.4, 0.5) is 16.0 Å². The van der Waals surface area contributed by atoms with Gasteiger partial charge < -0.3 is 20.6 Å². The Morgan fingerprint density at radius 3 is 1.50 bits per heavy atom. The highest BCUT2D eigenvalue weighted by Crippen LogP contribution is 2.31. The molecule has 0 atom stereocenters. The SMILES string of the molecule is CC.CCCCc1nc2c(N)nc3ccccc3c2n1CCCCNS.CCCCc1nc2c(N)nc3ccccc3c2n1CCCCNS(=O)(=O)c1ccccc1.CF. The predicted octanol–water partition coefficient (Wildman–Crippen LogP) is 9.60. The molecule has 0 amide bonds. The Morgan fingerprint density at radius 2 is 1.05 bits per heavy atom. The fraction of sp³-hybridized carbons (Fsp3) is 0.422. The number of hydrogen-bond acceptors (Lipinski definition) is 10. The summed E-state index contributed by atoms with van der Waals surface area (Å²) in [6.45, 7) is 11.4. The van der Waals surface area contributed by atoms with Crippen molar-refractivity contribution in [3.63, 3.8) is 0 Å². The minimum absolute atomic E-state index is 0.289. The number of nitrogen functional groups attached to an aromatic ring is 2. The van der Waals surface area contributed by atoms with E-state index < -0.39 is 10.0 Å². The zero-order chi connectivity index (χ0) is 43.5. The lowest BCUT2D eigenvalue weighted by molar-refractivity contribution is 0.561. The van der Waals surface area contributed by atoms with Gasteiger partial charge in [0.05, 0.1) is 34.1 Å². The van der Waals surface area contributed by atoms with Crippen molar-refractivity contribution in [1.29, 1.82) is 0 Å². The van der Waals surface area contributed by atoms with Crippen LogP contribution in [0.3, 0.4) is 0 Å². The van der Waals surface area contributed by atoms with Crippen molar-refractivity contribution in [2.75, 3.05) is 31.7 Å². The fourth-order valence-electron chi connectivity index (χ4n) is 7.10. The van der Waals surface area contributed by atoms with Gasteiger partial charge in [-0.1, -0.05) is 108 Å². The molecule has 6 N–H and O–H groups in total. The van der Waals surface area contributed by atoms with Crippen molar-refractivity contribution in [1.82, 2.24) is 38.5 Å². The first-order chi connectivity index (χ1) is 29.3. The van der Waals surface area contributed by atoms with E-state index in [0.717, 1.165) is 139 Å². The summed E-state index contributed by atoms with van der Waals surface area (Å²) in [5, 5.41) is 2.17. The van der Waals surface area contributed by atoms with E-state index in [9.17, 15) is 12.8 Å². The summed E-state index contributed by atoms with van der Waals surface area (Å²) in [6.07, 6.45) is 9.96. The molecule has 7 aromatic rings. The maximum atomic E-state index is 12.4. The van der Waals surface area contributed by atoms with Crippen molar-refractivity contribution < 1.29 is 12.8 Å². The number of alkyl halides is 1. The van der Waals surface area contributed by atoms with Gasteiger partial charge in [-0.3, -0.25) is 9.11 Å². The van der Waals surface area contributed by atoms with E-state index in [-0.39, 0.29) is 4.90 Å². The molecule has 0 aliphatic heterocycles. The lowest BCUT2D eigenvalue weighted by Gasteiger charge is -2.11. The number of nitrogens with zero attached hydrogens (tertiary/aromatic N) is 6. The molecular weight excluding hydrogens is 796 g/mol. The van der Waals surface area contributed by atoms with Crippen LogP contribution in [-0.2, 0) is 36.0 Å². The number of unbranched alkanes of at least 4 members (excludes halogenated alkanes) is 4. The first-order valence-corrected chi connectivity index (χ1v) is 23.1. The molecule has 3 aromatic carbocycles. The Bertz CT molecular complexity index is 2490. The Morgan fingerprint density at radius 1 is 0.617 bits per heavy atom. The lowest BCUT2D eigenvalue weighted by Crippen LogP contribution is -2.25. The van der Waals surface area contributed by atoms with E-state index in [2.05, 4.69) is 67.3 Å². The van der Waals surface area contributed by atoms with E-state index >= 15 is 0 Å². The van der Waals surface area contributed by atoms with Crippen molar-refractivity contribution in [2.45, 2.75) is 110 Å². The van der Waals surface area contributed by atoms with Gasteiger partial charge in [-0.2, -0.15) is 0 Å². The fourth-order valence-corrected chi connectivity index (χ4v) is 8.35. The molecule has 7 rings (SSSR count). The van der Waals surface area contributed by atoms with E-state index in [1.165, 1.54) is 0 Å². The van der Waals surface area contributed by atoms with Gasteiger partial charge in [-0.05, 0) is 62.8 Å². The second-order valence-corrected chi connectivity index (χ2v) is 16.1. The van der Waals surface area contributed by atoms with Gasteiger partial charge in [-0.15, -0.1) is 0 Å². The molecule has 12 nitrogen and oxygen atoms in total. The molecule has 4 heterocycles. The van der Waals surface area contributed by atoms with E-state index in [1.54, 1.807) is 30.3 Å². The van der Waals surface area contributed by atoms with Crippen LogP contribution in [0, 0.1) is 0 Å². The van der Waals surface area contributed by atoms with Crippen molar-refractivity contribution >= 4 is 78.3 Å². The molecule has 0 aliphatic carbocycles. The van der Waals surface area contributed by atoms with Gasteiger partial charge in [-0.25, -0.2) is 33.1 Å². The molecule has 0 aliphatic rings. The highest BCUT2D eigenvalue weighted by molar-refractivity contribution is 7.89. The van der Waals surface area contributed by atoms with Crippen LogP contribution >= 0.6 is 12.8 Å². The highest BCUT2D eigenvalue weighted by atomic mass is 32.2. The number of para-hydroxylation sites is 2. The van der Waals surface area contributed by atoms with Gasteiger partial charge >= 0.3 is 0 Å². The quantitative estimate of drug-likeness (QED) is 0.0416. The summed E-state index contributed by atoms with van der Waals surface area (Å²) >= 11 is 4.06. The van der Waals surface area contributed by atoms with Crippen molar-refractivity contribution in [3.05, 3.63) is 90.5 Å². The number of anilines is 2. The van der Waals surface area contributed by atoms with Crippen LogP contribution < -0.4 is 20.9 Å². The average molecular weight is 859 g/mol. The van der Waals surface area contributed by atoms with Crippen molar-refractivity contribution in [2.24, 2.45) is 0 Å². The summed E-state index contributed by atoms with van der Waals surface area (Å²) in [6, 6.07) is 24.6. The maximum Gasteiger partial charge on any atom is 0.240 e. The standard InChI is InChI=1S/C24H29N5O2S.C18H25N5S.C2H6.CH3F/c1-2-3-15-21-28-22-23(19-13-7-8-14-20(19)27-24(22)25)29(21)17-10-9-16-26-32(30,31)18-11-5-4-6-12-18;1-2-3-10-15-22-16-17(23(15)12-7-6-11-20-24)13-8-4-5-9-14(13)21-18(16)19;2*1-2/h4-8,11-14,26H,2-3,9-10,15-17H2,1H3,(H2,25,27);4-5,8-9,20,24H,2-3,6-7,10-12H2,1H3,(H2,19,21);1-2H3;1H3. The first-order valence-electron chi connectivity index (χ1n) is 21.1. The summed E-state index contributed by atoms with van der Waals surface area (Å²) in [5.74, 6) is 3.11. The van der Waals surface area contributed by atoms with Crippen LogP contribution in [0.25, 0.3) is 43.9 Å². The number of aromatic nitrogens is 6. The van der Waals surface area contributed by atoms with Gasteiger partial charge in [0.1, 0.15) is 22.7 Å². The molecule has 324 valence electrons. The molecule has 0 unspecified atom stereocenters. The summed E-state index contributed by atoms with van der Waals surface area (Å²) in [4.78, 5) is 19.0. The van der Waals surface area contributed by atoms with Crippen LogP contribution in [0.5, 0.6) is 0 Å². The molecule has 60 heavy (non-hydrogen) atoms. The molecule has 4 aromatic heterocycles. The highest BCUT2D eigenvalue weighted by Gasteiger charge is 2.19. The predicted molar refractivity (Wildman–Crippen MR) is 252 cm³/mol. The number of hydrogen-bond donors (Lipinski definition) is 5. The maximum absolute atomic E-state index is 12.4. The molecular formula is C45H63FN10O2S2. The van der Waals surface area contributed by atoms with E-state index in [1.807, 2.05) is 50.2 Å². The van der Waals surface area contributed by atoms with Crippen LogP contribution in [0.2, 0.25) is 0 Å². The first kappa shape index (κ1) is 47.8. The third kappa shape index (κ3) is 11.9. The molecule has 0 bridgehead atoms. The number of aryl methyl sites for hydroxylation is 4. The Labute approximate surface area is 360 Å². The number of halogens is 1. The average Bonchev–Trinajstić information content (AvgIpc) is 3.85. The number of sulfonamides is 1. The topological polar surface area (TPSA) is 172 Å². The Balaban J connectivity index is 0.000000253. The van der Waals surface area contributed by atoms with E-state index in [4.69, 9.17) is 21.4 Å². The van der Waals surface area contributed by atoms with Gasteiger partial charge in [0.2, 0.25) is 10.0 Å². The second-order valence-electron chi connectivity index (χ2n) is 14.0. The van der Waals surface area contributed by atoms with E-state index in [0.29, 0.717) is 25.4 Å². The molecule has 0 saturated carbocycles. The minimum atomic E-state index is -3.48. The van der Waals surface area contributed by atoms with Gasteiger partial charge in [0, 0.05) is 49.8 Å². The number of pyridine rings is 2. The zero-order valence-corrected chi connectivity index (χ0v) is 37.5. The number of benzene rings is 3. The Hall–Kier alpha value is -4.83. The second kappa shape index (κ2) is 24.4. The van der Waals surface area contributed by atoms with Crippen LogP contribution in [0.1, 0.15) is 90.7 Å². The number of imidazole rings is 2.